The number of aromatic nitrogens is 2. The van der Waals surface area contributed by atoms with Gasteiger partial charge in [-0.1, -0.05) is 40.9 Å². The zero-order valence-corrected chi connectivity index (χ0v) is 19.0. The SMILES string of the molecule is Cc1ccc(Cl)c(Oc2cc(N3CCN(C(=O)c4ccc(Cl)c(Cl)c4)CC3)ncn2)c1. The number of aryl methyl sites for hydroxylation is 1. The summed E-state index contributed by atoms with van der Waals surface area (Å²) in [5, 5.41) is 1.31. The van der Waals surface area contributed by atoms with Gasteiger partial charge in [-0.3, -0.25) is 4.79 Å². The molecule has 1 fully saturated rings. The number of amides is 1. The number of rotatable bonds is 4. The minimum absolute atomic E-state index is 0.0704. The number of hydrogen-bond donors (Lipinski definition) is 0. The van der Waals surface area contributed by atoms with Gasteiger partial charge in [0.25, 0.3) is 5.91 Å². The third-order valence-electron chi connectivity index (χ3n) is 4.99. The summed E-state index contributed by atoms with van der Waals surface area (Å²) in [6.45, 7) is 4.35. The second-order valence-corrected chi connectivity index (χ2v) is 8.38. The maximum absolute atomic E-state index is 12.8. The first-order valence-electron chi connectivity index (χ1n) is 9.66. The highest BCUT2D eigenvalue weighted by Gasteiger charge is 2.23. The maximum Gasteiger partial charge on any atom is 0.254 e. The van der Waals surface area contributed by atoms with Gasteiger partial charge in [0.2, 0.25) is 5.88 Å². The molecule has 1 aromatic heterocycles. The van der Waals surface area contributed by atoms with Crippen molar-refractivity contribution in [2.75, 3.05) is 31.1 Å². The molecule has 0 N–H and O–H groups in total. The molecule has 3 aromatic rings. The fourth-order valence-electron chi connectivity index (χ4n) is 3.31. The van der Waals surface area contributed by atoms with Crippen molar-refractivity contribution in [1.29, 1.82) is 0 Å². The number of piperazine rings is 1. The van der Waals surface area contributed by atoms with Gasteiger partial charge in [0.05, 0.1) is 15.1 Å². The standard InChI is InChI=1S/C22H19Cl3N4O2/c1-14-2-4-17(24)19(10-14)31-21-12-20(26-13-27-21)28-6-8-29(9-7-28)22(30)15-3-5-16(23)18(25)11-15/h2-5,10-13H,6-9H2,1H3. The Balaban J connectivity index is 1.42. The first-order valence-corrected chi connectivity index (χ1v) is 10.8. The monoisotopic (exact) mass is 476 g/mol. The van der Waals surface area contributed by atoms with Crippen LogP contribution >= 0.6 is 34.8 Å². The van der Waals surface area contributed by atoms with Crippen molar-refractivity contribution in [1.82, 2.24) is 14.9 Å². The summed E-state index contributed by atoms with van der Waals surface area (Å²) in [7, 11) is 0. The lowest BCUT2D eigenvalue weighted by atomic mass is 10.2. The Hall–Kier alpha value is -2.54. The van der Waals surface area contributed by atoms with Crippen LogP contribution in [0, 0.1) is 6.92 Å². The lowest BCUT2D eigenvalue weighted by Gasteiger charge is -2.35. The van der Waals surface area contributed by atoms with Gasteiger partial charge in [-0.15, -0.1) is 0 Å². The summed E-state index contributed by atoms with van der Waals surface area (Å²) in [5.74, 6) is 1.62. The van der Waals surface area contributed by atoms with Crippen LogP contribution in [0.2, 0.25) is 15.1 Å². The van der Waals surface area contributed by atoms with E-state index < -0.39 is 0 Å². The average molecular weight is 478 g/mol. The third-order valence-corrected chi connectivity index (χ3v) is 6.04. The van der Waals surface area contributed by atoms with Crippen molar-refractivity contribution in [2.24, 2.45) is 0 Å². The Morgan fingerprint density at radius 3 is 2.39 bits per heavy atom. The van der Waals surface area contributed by atoms with Crippen LogP contribution in [-0.4, -0.2) is 47.0 Å². The van der Waals surface area contributed by atoms with Crippen molar-refractivity contribution < 1.29 is 9.53 Å². The van der Waals surface area contributed by atoms with E-state index in [1.807, 2.05) is 19.1 Å². The van der Waals surface area contributed by atoms with Gasteiger partial charge in [0.15, 0.2) is 0 Å². The van der Waals surface area contributed by atoms with Gasteiger partial charge in [-0.25, -0.2) is 9.97 Å². The van der Waals surface area contributed by atoms with E-state index in [4.69, 9.17) is 39.5 Å². The Morgan fingerprint density at radius 2 is 1.65 bits per heavy atom. The van der Waals surface area contributed by atoms with Crippen LogP contribution < -0.4 is 9.64 Å². The highest BCUT2D eigenvalue weighted by Crippen LogP contribution is 2.30. The lowest BCUT2D eigenvalue weighted by molar-refractivity contribution is 0.0746. The van der Waals surface area contributed by atoms with Crippen LogP contribution in [0.3, 0.4) is 0 Å². The molecule has 0 radical (unpaired) electrons. The highest BCUT2D eigenvalue weighted by atomic mass is 35.5. The molecule has 0 atom stereocenters. The predicted octanol–water partition coefficient (Wildman–Crippen LogP) is 5.50. The summed E-state index contributed by atoms with van der Waals surface area (Å²) in [6, 6.07) is 12.3. The third kappa shape index (κ3) is 5.03. The fourth-order valence-corrected chi connectivity index (χ4v) is 3.76. The quantitative estimate of drug-likeness (QED) is 0.496. The van der Waals surface area contributed by atoms with Gasteiger partial charge in [-0.2, -0.15) is 0 Å². The van der Waals surface area contributed by atoms with Crippen molar-refractivity contribution >= 4 is 46.5 Å². The van der Waals surface area contributed by atoms with Crippen LogP contribution in [0.15, 0.2) is 48.8 Å². The van der Waals surface area contributed by atoms with E-state index in [-0.39, 0.29) is 5.91 Å². The Morgan fingerprint density at radius 1 is 0.903 bits per heavy atom. The Labute approximate surface area is 195 Å². The van der Waals surface area contributed by atoms with Crippen LogP contribution in [0.25, 0.3) is 0 Å². The van der Waals surface area contributed by atoms with Gasteiger partial charge in [0.1, 0.15) is 17.9 Å². The zero-order chi connectivity index (χ0) is 22.0. The van der Waals surface area contributed by atoms with Crippen molar-refractivity contribution in [3.8, 4) is 11.6 Å². The van der Waals surface area contributed by atoms with Crippen LogP contribution in [0.5, 0.6) is 11.6 Å². The van der Waals surface area contributed by atoms with Gasteiger partial charge >= 0.3 is 0 Å². The minimum Gasteiger partial charge on any atom is -0.437 e. The number of carbonyl (C=O) groups is 1. The Bertz CT molecular complexity index is 1120. The summed E-state index contributed by atoms with van der Waals surface area (Å²) in [6.07, 6.45) is 1.46. The van der Waals surface area contributed by atoms with E-state index >= 15 is 0 Å². The second-order valence-electron chi connectivity index (χ2n) is 7.16. The molecule has 31 heavy (non-hydrogen) atoms. The van der Waals surface area contributed by atoms with Crippen LogP contribution in [0.4, 0.5) is 5.82 Å². The van der Waals surface area contributed by atoms with Crippen LogP contribution in [0.1, 0.15) is 15.9 Å². The molecule has 9 heteroatoms. The molecule has 160 valence electrons. The molecule has 2 aromatic carbocycles. The molecule has 0 spiro atoms. The van der Waals surface area contributed by atoms with Crippen molar-refractivity contribution in [3.63, 3.8) is 0 Å². The first-order chi connectivity index (χ1) is 14.9. The second kappa shape index (κ2) is 9.30. The summed E-state index contributed by atoms with van der Waals surface area (Å²) < 4.78 is 5.86. The van der Waals surface area contributed by atoms with E-state index in [1.54, 1.807) is 35.2 Å². The molecule has 1 aliphatic rings. The van der Waals surface area contributed by atoms with Crippen molar-refractivity contribution in [2.45, 2.75) is 6.92 Å². The lowest BCUT2D eigenvalue weighted by Crippen LogP contribution is -2.49. The van der Waals surface area contributed by atoms with Gasteiger partial charge < -0.3 is 14.5 Å². The largest absolute Gasteiger partial charge is 0.437 e. The van der Waals surface area contributed by atoms with E-state index in [9.17, 15) is 4.79 Å². The first kappa shape index (κ1) is 21.7. The minimum atomic E-state index is -0.0704. The van der Waals surface area contributed by atoms with E-state index in [0.29, 0.717) is 58.4 Å². The number of nitrogens with zero attached hydrogens (tertiary/aromatic N) is 4. The maximum atomic E-state index is 12.8. The molecule has 0 saturated carbocycles. The van der Waals surface area contributed by atoms with E-state index in [0.717, 1.165) is 11.4 Å². The number of halogens is 3. The van der Waals surface area contributed by atoms with Crippen LogP contribution in [-0.2, 0) is 0 Å². The molecule has 1 saturated heterocycles. The zero-order valence-electron chi connectivity index (χ0n) is 16.7. The molecule has 0 aliphatic carbocycles. The number of ether oxygens (including phenoxy) is 1. The summed E-state index contributed by atoms with van der Waals surface area (Å²) in [4.78, 5) is 25.2. The van der Waals surface area contributed by atoms with Crippen molar-refractivity contribution in [3.05, 3.63) is 75.0 Å². The molecule has 0 bridgehead atoms. The fraction of sp³-hybridized carbons (Fsp3) is 0.227. The van der Waals surface area contributed by atoms with Gasteiger partial charge in [-0.05, 0) is 42.8 Å². The normalized spacial score (nSPS) is 13.9. The van der Waals surface area contributed by atoms with E-state index in [1.165, 1.54) is 6.33 Å². The van der Waals surface area contributed by atoms with E-state index in [2.05, 4.69) is 14.9 Å². The smallest absolute Gasteiger partial charge is 0.254 e. The average Bonchev–Trinajstić information content (AvgIpc) is 2.78. The molecular weight excluding hydrogens is 459 g/mol. The highest BCUT2D eigenvalue weighted by molar-refractivity contribution is 6.42. The van der Waals surface area contributed by atoms with Gasteiger partial charge in [0, 0.05) is 37.8 Å². The number of benzene rings is 2. The molecule has 0 unspecified atom stereocenters. The summed E-state index contributed by atoms with van der Waals surface area (Å²) >= 11 is 18.2. The molecule has 1 aliphatic heterocycles. The summed E-state index contributed by atoms with van der Waals surface area (Å²) in [5.41, 5.74) is 1.56. The molecule has 4 rings (SSSR count). The number of hydrogen-bond acceptors (Lipinski definition) is 5. The predicted molar refractivity (Wildman–Crippen MR) is 123 cm³/mol. The molecule has 6 nitrogen and oxygen atoms in total. The number of carbonyl (C=O) groups excluding carboxylic acids is 1. The molecule has 2 heterocycles. The Kier molecular flexibility index (Phi) is 6.51. The number of anilines is 1. The molecule has 1 amide bonds. The molecular formula is C22H19Cl3N4O2. The topological polar surface area (TPSA) is 58.6 Å².